The topological polar surface area (TPSA) is 91.2 Å². The second-order valence-corrected chi connectivity index (χ2v) is 6.26. The highest BCUT2D eigenvalue weighted by molar-refractivity contribution is 5.80. The zero-order valence-corrected chi connectivity index (χ0v) is 16.4. The molecule has 3 heterocycles. The maximum Gasteiger partial charge on any atom is 0.411 e. The Bertz CT molecular complexity index is 1070. The van der Waals surface area contributed by atoms with Gasteiger partial charge in [-0.25, -0.2) is 9.97 Å². The highest BCUT2D eigenvalue weighted by atomic mass is 19.4. The lowest BCUT2D eigenvalue weighted by molar-refractivity contribution is -0.174. The van der Waals surface area contributed by atoms with Gasteiger partial charge in [0.25, 0.3) is 5.56 Å². The Balaban J connectivity index is 2.00. The summed E-state index contributed by atoms with van der Waals surface area (Å²) in [5.74, 6) is 0.539. The molecule has 0 aliphatic rings. The minimum Gasteiger partial charge on any atom is -0.481 e. The molecule has 0 amide bonds. The maximum absolute atomic E-state index is 12.8. The number of rotatable bonds is 8. The van der Waals surface area contributed by atoms with Gasteiger partial charge in [-0.3, -0.25) is 9.78 Å². The first-order valence-corrected chi connectivity index (χ1v) is 9.11. The van der Waals surface area contributed by atoms with Crippen LogP contribution in [0.5, 0.6) is 5.88 Å². The molecule has 11 heteroatoms. The first kappa shape index (κ1) is 21.5. The summed E-state index contributed by atoms with van der Waals surface area (Å²) in [7, 11) is 1.50. The summed E-state index contributed by atoms with van der Waals surface area (Å²) in [6.45, 7) is 0.527. The number of nitrogens with zero attached hydrogens (tertiary/aromatic N) is 4. The molecule has 0 unspecified atom stereocenters. The van der Waals surface area contributed by atoms with Crippen LogP contribution in [0.25, 0.3) is 22.3 Å². The molecule has 0 saturated carbocycles. The summed E-state index contributed by atoms with van der Waals surface area (Å²) in [5, 5.41) is 2.87. The lowest BCUT2D eigenvalue weighted by Gasteiger charge is -2.14. The molecule has 0 aromatic carbocycles. The van der Waals surface area contributed by atoms with Gasteiger partial charge in [0.15, 0.2) is 5.82 Å². The van der Waals surface area contributed by atoms with Crippen LogP contribution in [0.4, 0.5) is 19.0 Å². The number of pyridine rings is 2. The Hall–Kier alpha value is -3.21. The highest BCUT2D eigenvalue weighted by Gasteiger charge is 2.27. The molecule has 0 aliphatic carbocycles. The second kappa shape index (κ2) is 9.08. The van der Waals surface area contributed by atoms with Crippen molar-refractivity contribution in [3.8, 4) is 17.1 Å². The molecular weight excluding hydrogens is 403 g/mol. The molecule has 0 saturated heterocycles. The van der Waals surface area contributed by atoms with Crippen molar-refractivity contribution in [1.29, 1.82) is 0 Å². The number of aromatic nitrogens is 4. The molecule has 3 rings (SSSR count). The first-order chi connectivity index (χ1) is 14.3. The van der Waals surface area contributed by atoms with Crippen LogP contribution < -0.4 is 15.6 Å². The number of alkyl halides is 3. The van der Waals surface area contributed by atoms with Gasteiger partial charge in [0.2, 0.25) is 5.88 Å². The Morgan fingerprint density at radius 1 is 1.20 bits per heavy atom. The molecule has 160 valence electrons. The standard InChI is InChI=1S/C19H20F3N5O3/c1-3-23-17-18(28)27(6-7-30-11-19(20,21)22)15-8-13(24-10-14(15)26-17)12-4-5-16(29-2)25-9-12/h4-5,8-10H,3,6-7,11H2,1-2H3,(H,23,26). The summed E-state index contributed by atoms with van der Waals surface area (Å²) < 4.78 is 48.1. The van der Waals surface area contributed by atoms with Crippen LogP contribution in [0, 0.1) is 0 Å². The van der Waals surface area contributed by atoms with Gasteiger partial charge in [0.05, 0.1) is 31.1 Å². The number of ether oxygens (including phenoxy) is 2. The Kier molecular flexibility index (Phi) is 6.50. The minimum absolute atomic E-state index is 0.0728. The SMILES string of the molecule is CCNc1nc2cnc(-c3ccc(OC)nc3)cc2n(CCOCC(F)(F)F)c1=O. The summed E-state index contributed by atoms with van der Waals surface area (Å²) in [5.41, 5.74) is 1.61. The number of nitrogens with one attached hydrogen (secondary N) is 1. The van der Waals surface area contributed by atoms with Crippen molar-refractivity contribution in [1.82, 2.24) is 19.5 Å². The average molecular weight is 423 g/mol. The number of methoxy groups -OCH3 is 1. The summed E-state index contributed by atoms with van der Waals surface area (Å²) in [4.78, 5) is 25.6. The number of fused-ring (bicyclic) bond motifs is 1. The lowest BCUT2D eigenvalue weighted by atomic mass is 10.2. The van der Waals surface area contributed by atoms with E-state index >= 15 is 0 Å². The van der Waals surface area contributed by atoms with Crippen molar-refractivity contribution in [2.24, 2.45) is 0 Å². The van der Waals surface area contributed by atoms with Crippen molar-refractivity contribution >= 4 is 16.9 Å². The molecule has 0 aliphatic heterocycles. The number of halogens is 3. The Morgan fingerprint density at radius 2 is 2.00 bits per heavy atom. The molecule has 0 bridgehead atoms. The zero-order valence-electron chi connectivity index (χ0n) is 16.4. The molecule has 3 aromatic rings. The molecule has 3 aromatic heterocycles. The van der Waals surface area contributed by atoms with Gasteiger partial charge in [-0.2, -0.15) is 13.2 Å². The number of anilines is 1. The van der Waals surface area contributed by atoms with Gasteiger partial charge >= 0.3 is 6.18 Å². The van der Waals surface area contributed by atoms with E-state index in [1.807, 2.05) is 0 Å². The normalized spacial score (nSPS) is 11.6. The fraction of sp³-hybridized carbons (Fsp3) is 0.368. The van der Waals surface area contributed by atoms with E-state index in [9.17, 15) is 18.0 Å². The van der Waals surface area contributed by atoms with E-state index in [-0.39, 0.29) is 19.0 Å². The monoisotopic (exact) mass is 423 g/mol. The third kappa shape index (κ3) is 5.03. The van der Waals surface area contributed by atoms with Crippen LogP contribution in [0.1, 0.15) is 6.92 Å². The van der Waals surface area contributed by atoms with Gasteiger partial charge in [0.1, 0.15) is 12.1 Å². The smallest absolute Gasteiger partial charge is 0.411 e. The van der Waals surface area contributed by atoms with Crippen LogP contribution in [0.3, 0.4) is 0 Å². The van der Waals surface area contributed by atoms with Crippen LogP contribution in [-0.4, -0.2) is 52.6 Å². The summed E-state index contributed by atoms with van der Waals surface area (Å²) in [6, 6.07) is 5.08. The molecule has 0 atom stereocenters. The molecule has 30 heavy (non-hydrogen) atoms. The van der Waals surface area contributed by atoms with Gasteiger partial charge in [-0.15, -0.1) is 0 Å². The number of hydrogen-bond donors (Lipinski definition) is 1. The summed E-state index contributed by atoms with van der Waals surface area (Å²) >= 11 is 0. The van der Waals surface area contributed by atoms with E-state index in [0.29, 0.717) is 34.7 Å². The van der Waals surface area contributed by atoms with Gasteiger partial charge in [-0.1, -0.05) is 0 Å². The predicted octanol–water partition coefficient (Wildman–Crippen LogP) is 2.87. The van der Waals surface area contributed by atoms with E-state index in [4.69, 9.17) is 4.74 Å². The van der Waals surface area contributed by atoms with E-state index in [2.05, 4.69) is 25.0 Å². The van der Waals surface area contributed by atoms with Crippen molar-refractivity contribution < 1.29 is 22.6 Å². The molecule has 0 radical (unpaired) electrons. The first-order valence-electron chi connectivity index (χ1n) is 9.11. The Labute approximate surface area is 169 Å². The molecule has 0 spiro atoms. The maximum atomic E-state index is 12.8. The lowest BCUT2D eigenvalue weighted by Crippen LogP contribution is -2.28. The third-order valence-corrected chi connectivity index (χ3v) is 4.14. The van der Waals surface area contributed by atoms with E-state index in [1.54, 1.807) is 31.3 Å². The third-order valence-electron chi connectivity index (χ3n) is 4.14. The quantitative estimate of drug-likeness (QED) is 0.557. The minimum atomic E-state index is -4.43. The fourth-order valence-electron chi connectivity index (χ4n) is 2.80. The molecule has 1 N–H and O–H groups in total. The van der Waals surface area contributed by atoms with Crippen LogP contribution >= 0.6 is 0 Å². The van der Waals surface area contributed by atoms with Crippen LogP contribution in [0.2, 0.25) is 0 Å². The average Bonchev–Trinajstić information content (AvgIpc) is 2.72. The second-order valence-electron chi connectivity index (χ2n) is 6.26. The van der Waals surface area contributed by atoms with E-state index in [0.717, 1.165) is 0 Å². The fourth-order valence-corrected chi connectivity index (χ4v) is 2.80. The van der Waals surface area contributed by atoms with Gasteiger partial charge in [-0.05, 0) is 19.1 Å². The largest absolute Gasteiger partial charge is 0.481 e. The van der Waals surface area contributed by atoms with Crippen molar-refractivity contribution in [2.75, 3.05) is 32.2 Å². The van der Waals surface area contributed by atoms with Crippen molar-refractivity contribution in [3.63, 3.8) is 0 Å². The Morgan fingerprint density at radius 3 is 2.63 bits per heavy atom. The highest BCUT2D eigenvalue weighted by Crippen LogP contribution is 2.22. The van der Waals surface area contributed by atoms with Crippen LogP contribution in [-0.2, 0) is 11.3 Å². The van der Waals surface area contributed by atoms with Gasteiger partial charge < -0.3 is 19.4 Å². The summed E-state index contributed by atoms with van der Waals surface area (Å²) in [6.07, 6.45) is -1.36. The molecular formula is C19H20F3N5O3. The van der Waals surface area contributed by atoms with E-state index < -0.39 is 18.3 Å². The van der Waals surface area contributed by atoms with Gasteiger partial charge in [0, 0.05) is 30.9 Å². The van der Waals surface area contributed by atoms with E-state index in [1.165, 1.54) is 17.9 Å². The number of hydrogen-bond acceptors (Lipinski definition) is 7. The zero-order chi connectivity index (χ0) is 21.7. The predicted molar refractivity (Wildman–Crippen MR) is 105 cm³/mol. The van der Waals surface area contributed by atoms with Crippen molar-refractivity contribution in [2.45, 2.75) is 19.6 Å². The molecule has 0 fully saturated rings. The van der Waals surface area contributed by atoms with Crippen LogP contribution in [0.15, 0.2) is 35.4 Å². The molecule has 8 nitrogen and oxygen atoms in total. The van der Waals surface area contributed by atoms with Crippen molar-refractivity contribution in [3.05, 3.63) is 40.9 Å².